The SMILES string of the molecule is CCOC(=O)c1sc(S(C)=O)c2c1CC(c1ccccc1)CC2=O. The van der Waals surface area contributed by atoms with E-state index in [2.05, 4.69) is 0 Å². The second kappa shape index (κ2) is 6.99. The summed E-state index contributed by atoms with van der Waals surface area (Å²) in [5, 5.41) is 0. The molecule has 126 valence electrons. The van der Waals surface area contributed by atoms with Gasteiger partial charge in [-0.1, -0.05) is 30.3 Å². The molecule has 0 amide bonds. The average Bonchev–Trinajstić information content (AvgIpc) is 2.96. The molecule has 6 heteroatoms. The van der Waals surface area contributed by atoms with Crippen molar-refractivity contribution in [3.8, 4) is 0 Å². The van der Waals surface area contributed by atoms with Crippen LogP contribution in [0.5, 0.6) is 0 Å². The first-order valence-corrected chi connectivity index (χ1v) is 10.1. The molecule has 0 spiro atoms. The lowest BCUT2D eigenvalue weighted by Gasteiger charge is -2.23. The normalized spacial score (nSPS) is 18.1. The fourth-order valence-electron chi connectivity index (χ4n) is 3.09. The summed E-state index contributed by atoms with van der Waals surface area (Å²) in [5.41, 5.74) is 2.27. The maximum atomic E-state index is 12.7. The maximum Gasteiger partial charge on any atom is 0.348 e. The van der Waals surface area contributed by atoms with Crippen LogP contribution < -0.4 is 0 Å². The highest BCUT2D eigenvalue weighted by atomic mass is 32.2. The summed E-state index contributed by atoms with van der Waals surface area (Å²) in [7, 11) is -1.30. The Hall–Kier alpha value is -1.79. The molecule has 0 bridgehead atoms. The zero-order valence-electron chi connectivity index (χ0n) is 13.5. The first kappa shape index (κ1) is 17.0. The van der Waals surface area contributed by atoms with Gasteiger partial charge in [-0.2, -0.15) is 0 Å². The van der Waals surface area contributed by atoms with Gasteiger partial charge < -0.3 is 4.74 Å². The highest BCUT2D eigenvalue weighted by Crippen LogP contribution is 2.41. The number of ether oxygens (including phenoxy) is 1. The number of hydrogen-bond donors (Lipinski definition) is 0. The molecule has 24 heavy (non-hydrogen) atoms. The lowest BCUT2D eigenvalue weighted by Crippen LogP contribution is -2.20. The van der Waals surface area contributed by atoms with Crippen LogP contribution in [-0.4, -0.2) is 28.8 Å². The van der Waals surface area contributed by atoms with E-state index in [0.717, 1.165) is 16.9 Å². The number of rotatable bonds is 4. The molecule has 1 aliphatic carbocycles. The number of fused-ring (bicyclic) bond motifs is 1. The molecule has 2 aromatic rings. The van der Waals surface area contributed by atoms with Crippen LogP contribution in [0.1, 0.15) is 50.4 Å². The van der Waals surface area contributed by atoms with Crippen molar-refractivity contribution in [1.82, 2.24) is 0 Å². The van der Waals surface area contributed by atoms with E-state index in [9.17, 15) is 13.8 Å². The number of hydrogen-bond acceptors (Lipinski definition) is 5. The predicted octanol–water partition coefficient (Wildman–Crippen LogP) is 3.57. The number of benzene rings is 1. The van der Waals surface area contributed by atoms with Crippen LogP contribution in [0.2, 0.25) is 0 Å². The van der Waals surface area contributed by atoms with Crippen molar-refractivity contribution in [3.63, 3.8) is 0 Å². The van der Waals surface area contributed by atoms with Crippen molar-refractivity contribution < 1.29 is 18.5 Å². The van der Waals surface area contributed by atoms with Gasteiger partial charge in [-0.3, -0.25) is 9.00 Å². The Morgan fingerprint density at radius 1 is 1.29 bits per heavy atom. The fourth-order valence-corrected chi connectivity index (χ4v) is 5.31. The van der Waals surface area contributed by atoms with Gasteiger partial charge in [0.25, 0.3) is 0 Å². The highest BCUT2D eigenvalue weighted by molar-refractivity contribution is 7.86. The summed E-state index contributed by atoms with van der Waals surface area (Å²) in [6.07, 6.45) is 2.50. The Morgan fingerprint density at radius 2 is 2.00 bits per heavy atom. The van der Waals surface area contributed by atoms with Crippen LogP contribution in [0.3, 0.4) is 0 Å². The number of carbonyl (C=O) groups excluding carboxylic acids is 2. The number of Topliss-reactive ketones (excluding diaryl/α,β-unsaturated/α-hetero) is 1. The first-order valence-electron chi connectivity index (χ1n) is 7.77. The molecule has 1 aromatic heterocycles. The molecule has 1 aromatic carbocycles. The van der Waals surface area contributed by atoms with Gasteiger partial charge in [-0.25, -0.2) is 4.79 Å². The number of carbonyl (C=O) groups is 2. The van der Waals surface area contributed by atoms with Crippen molar-refractivity contribution in [3.05, 3.63) is 51.9 Å². The molecule has 0 radical (unpaired) electrons. The standard InChI is InChI=1S/C18H18O4S2/c1-3-22-17(20)16-13-9-12(11-7-5-4-6-8-11)10-14(19)15(13)18(23-16)24(2)21/h4-8,12H,3,9-10H2,1-2H3. The fraction of sp³-hybridized carbons (Fsp3) is 0.333. The third kappa shape index (κ3) is 3.08. The Balaban J connectivity index is 2.08. The van der Waals surface area contributed by atoms with Gasteiger partial charge in [0.15, 0.2) is 5.78 Å². The monoisotopic (exact) mass is 362 g/mol. The summed E-state index contributed by atoms with van der Waals surface area (Å²) in [4.78, 5) is 25.4. The Labute approximate surface area is 147 Å². The first-order chi connectivity index (χ1) is 11.5. The number of thiophene rings is 1. The molecular weight excluding hydrogens is 344 g/mol. The third-order valence-electron chi connectivity index (χ3n) is 4.13. The van der Waals surface area contributed by atoms with Crippen molar-refractivity contribution in [2.45, 2.75) is 29.9 Å². The van der Waals surface area contributed by atoms with Crippen LogP contribution in [0.4, 0.5) is 0 Å². The molecule has 1 heterocycles. The lowest BCUT2D eigenvalue weighted by atomic mass is 9.80. The minimum absolute atomic E-state index is 0.0344. The van der Waals surface area contributed by atoms with Crippen LogP contribution >= 0.6 is 11.3 Å². The molecular formula is C18H18O4S2. The van der Waals surface area contributed by atoms with Crippen molar-refractivity contribution in [2.24, 2.45) is 0 Å². The van der Waals surface area contributed by atoms with Crippen LogP contribution in [-0.2, 0) is 22.0 Å². The second-order valence-corrected chi connectivity index (χ2v) is 8.28. The van der Waals surface area contributed by atoms with Crippen molar-refractivity contribution >= 4 is 33.9 Å². The summed E-state index contributed by atoms with van der Waals surface area (Å²) in [5.74, 6) is -0.439. The summed E-state index contributed by atoms with van der Waals surface area (Å²) in [6, 6.07) is 9.83. The molecule has 3 rings (SSSR count). The van der Waals surface area contributed by atoms with Crippen LogP contribution in [0.25, 0.3) is 0 Å². The van der Waals surface area contributed by atoms with Crippen molar-refractivity contribution in [2.75, 3.05) is 12.9 Å². The minimum Gasteiger partial charge on any atom is -0.462 e. The van der Waals surface area contributed by atoms with E-state index in [1.165, 1.54) is 6.26 Å². The van der Waals surface area contributed by atoms with Gasteiger partial charge in [0.05, 0.1) is 17.4 Å². The Bertz CT molecular complexity index is 808. The molecule has 0 saturated carbocycles. The van der Waals surface area contributed by atoms with Crippen LogP contribution in [0.15, 0.2) is 34.5 Å². The van der Waals surface area contributed by atoms with Crippen LogP contribution in [0, 0.1) is 0 Å². The molecule has 2 unspecified atom stereocenters. The average molecular weight is 362 g/mol. The van der Waals surface area contributed by atoms with E-state index >= 15 is 0 Å². The van der Waals surface area contributed by atoms with E-state index in [1.54, 1.807) is 6.92 Å². The third-order valence-corrected chi connectivity index (χ3v) is 6.82. The molecule has 0 N–H and O–H groups in total. The quantitative estimate of drug-likeness (QED) is 0.780. The Morgan fingerprint density at radius 3 is 2.62 bits per heavy atom. The van der Waals surface area contributed by atoms with E-state index in [1.807, 2.05) is 30.3 Å². The van der Waals surface area contributed by atoms with Gasteiger partial charge in [-0.15, -0.1) is 11.3 Å². The van der Waals surface area contributed by atoms with Gasteiger partial charge in [0, 0.05) is 18.2 Å². The number of esters is 1. The lowest BCUT2D eigenvalue weighted by molar-refractivity contribution is 0.0531. The predicted molar refractivity (Wildman–Crippen MR) is 94.4 cm³/mol. The maximum absolute atomic E-state index is 12.7. The molecule has 0 saturated heterocycles. The van der Waals surface area contributed by atoms with Gasteiger partial charge in [0.2, 0.25) is 0 Å². The summed E-state index contributed by atoms with van der Waals surface area (Å²) in [6.45, 7) is 2.01. The van der Waals surface area contributed by atoms with E-state index in [0.29, 0.717) is 33.1 Å². The zero-order valence-corrected chi connectivity index (χ0v) is 15.2. The van der Waals surface area contributed by atoms with E-state index in [-0.39, 0.29) is 18.3 Å². The van der Waals surface area contributed by atoms with Gasteiger partial charge in [-0.05, 0) is 30.4 Å². The zero-order chi connectivity index (χ0) is 17.3. The van der Waals surface area contributed by atoms with Crippen molar-refractivity contribution in [1.29, 1.82) is 0 Å². The van der Waals surface area contributed by atoms with Gasteiger partial charge >= 0.3 is 5.97 Å². The second-order valence-electron chi connectivity index (χ2n) is 5.69. The molecule has 0 aliphatic heterocycles. The topological polar surface area (TPSA) is 60.4 Å². The molecule has 2 atom stereocenters. The smallest absolute Gasteiger partial charge is 0.348 e. The van der Waals surface area contributed by atoms with E-state index < -0.39 is 16.8 Å². The Kier molecular flexibility index (Phi) is 4.96. The minimum atomic E-state index is -1.30. The molecule has 1 aliphatic rings. The highest BCUT2D eigenvalue weighted by Gasteiger charge is 2.35. The summed E-state index contributed by atoms with van der Waals surface area (Å²) < 4.78 is 17.6. The molecule has 0 fully saturated rings. The summed E-state index contributed by atoms with van der Waals surface area (Å²) >= 11 is 1.14. The van der Waals surface area contributed by atoms with Gasteiger partial charge in [0.1, 0.15) is 9.09 Å². The number of ketones is 1. The largest absolute Gasteiger partial charge is 0.462 e. The molecule has 4 nitrogen and oxygen atoms in total. The van der Waals surface area contributed by atoms with E-state index in [4.69, 9.17) is 4.74 Å².